The van der Waals surface area contributed by atoms with Crippen molar-refractivity contribution in [3.05, 3.63) is 59.7 Å². The van der Waals surface area contributed by atoms with Crippen LogP contribution in [0.15, 0.2) is 48.5 Å². The summed E-state index contributed by atoms with van der Waals surface area (Å²) in [6.07, 6.45) is 0.941. The number of aromatic nitrogens is 1. The SMILES string of the molecule is Cc1ccc(-c2c3c(nc4ccccc24)OCC3)cc1. The Kier molecular flexibility index (Phi) is 2.49. The molecule has 2 heterocycles. The molecule has 2 heteroatoms. The minimum atomic E-state index is 0.734. The van der Waals surface area contributed by atoms with Crippen molar-refractivity contribution in [3.8, 4) is 17.0 Å². The Bertz CT molecular complexity index is 790. The van der Waals surface area contributed by atoms with Gasteiger partial charge in [-0.25, -0.2) is 4.98 Å². The normalized spacial score (nSPS) is 13.2. The average molecular weight is 261 g/mol. The van der Waals surface area contributed by atoms with E-state index in [1.165, 1.54) is 27.6 Å². The quantitative estimate of drug-likeness (QED) is 0.656. The number of aryl methyl sites for hydroxylation is 1. The van der Waals surface area contributed by atoms with Crippen LogP contribution in [-0.4, -0.2) is 11.6 Å². The van der Waals surface area contributed by atoms with Crippen molar-refractivity contribution in [2.45, 2.75) is 13.3 Å². The van der Waals surface area contributed by atoms with E-state index < -0.39 is 0 Å². The first-order valence-electron chi connectivity index (χ1n) is 6.94. The van der Waals surface area contributed by atoms with Crippen LogP contribution >= 0.6 is 0 Å². The maximum atomic E-state index is 5.68. The predicted molar refractivity (Wildman–Crippen MR) is 81.1 cm³/mol. The van der Waals surface area contributed by atoms with Gasteiger partial charge in [0.1, 0.15) is 0 Å². The molecule has 98 valence electrons. The Hall–Kier alpha value is -2.35. The lowest BCUT2D eigenvalue weighted by Gasteiger charge is -2.11. The van der Waals surface area contributed by atoms with Crippen LogP contribution in [0.3, 0.4) is 0 Å². The van der Waals surface area contributed by atoms with Gasteiger partial charge in [0, 0.05) is 17.4 Å². The second kappa shape index (κ2) is 4.34. The zero-order valence-electron chi connectivity index (χ0n) is 11.4. The number of hydrogen-bond acceptors (Lipinski definition) is 2. The summed E-state index contributed by atoms with van der Waals surface area (Å²) in [5, 5.41) is 1.21. The van der Waals surface area contributed by atoms with Crippen LogP contribution in [0.5, 0.6) is 5.88 Å². The first-order valence-corrected chi connectivity index (χ1v) is 6.94. The van der Waals surface area contributed by atoms with Gasteiger partial charge < -0.3 is 4.74 Å². The molecule has 20 heavy (non-hydrogen) atoms. The van der Waals surface area contributed by atoms with Crippen molar-refractivity contribution >= 4 is 10.9 Å². The minimum Gasteiger partial charge on any atom is -0.477 e. The molecule has 0 bridgehead atoms. The molecule has 2 nitrogen and oxygen atoms in total. The van der Waals surface area contributed by atoms with Crippen molar-refractivity contribution in [1.29, 1.82) is 0 Å². The molecule has 0 spiro atoms. The monoisotopic (exact) mass is 261 g/mol. The Morgan fingerprint density at radius 2 is 1.80 bits per heavy atom. The molecule has 0 atom stereocenters. The summed E-state index contributed by atoms with van der Waals surface area (Å²) in [5.74, 6) is 0.805. The fraction of sp³-hybridized carbons (Fsp3) is 0.167. The molecule has 3 aromatic rings. The number of hydrogen-bond donors (Lipinski definition) is 0. The molecule has 0 aliphatic carbocycles. The van der Waals surface area contributed by atoms with Crippen molar-refractivity contribution in [3.63, 3.8) is 0 Å². The number of para-hydroxylation sites is 1. The van der Waals surface area contributed by atoms with Crippen LogP contribution in [0.1, 0.15) is 11.1 Å². The van der Waals surface area contributed by atoms with Crippen molar-refractivity contribution in [2.75, 3.05) is 6.61 Å². The molecule has 0 amide bonds. The Balaban J connectivity index is 2.08. The molecule has 4 rings (SSSR count). The van der Waals surface area contributed by atoms with E-state index in [2.05, 4.69) is 54.4 Å². The van der Waals surface area contributed by atoms with E-state index in [4.69, 9.17) is 4.74 Å². The number of fused-ring (bicyclic) bond motifs is 2. The first-order chi connectivity index (χ1) is 9.83. The number of pyridine rings is 1. The Morgan fingerprint density at radius 3 is 2.65 bits per heavy atom. The van der Waals surface area contributed by atoms with Crippen molar-refractivity contribution in [2.24, 2.45) is 0 Å². The van der Waals surface area contributed by atoms with Gasteiger partial charge in [-0.05, 0) is 24.1 Å². The van der Waals surface area contributed by atoms with E-state index >= 15 is 0 Å². The third-order valence-corrected chi connectivity index (χ3v) is 3.89. The van der Waals surface area contributed by atoms with E-state index in [-0.39, 0.29) is 0 Å². The van der Waals surface area contributed by atoms with E-state index in [0.717, 1.165) is 24.4 Å². The number of ether oxygens (including phenoxy) is 1. The molecule has 1 aromatic heterocycles. The minimum absolute atomic E-state index is 0.734. The van der Waals surface area contributed by atoms with Gasteiger partial charge in [0.2, 0.25) is 5.88 Å². The molecule has 0 unspecified atom stereocenters. The standard InChI is InChI=1S/C18H15NO/c1-12-6-8-13(9-7-12)17-14-4-2-3-5-16(14)19-18-15(17)10-11-20-18/h2-9H,10-11H2,1H3. The lowest BCUT2D eigenvalue weighted by atomic mass is 9.95. The Morgan fingerprint density at radius 1 is 1.00 bits per heavy atom. The van der Waals surface area contributed by atoms with Crippen molar-refractivity contribution in [1.82, 2.24) is 4.98 Å². The highest BCUT2D eigenvalue weighted by molar-refractivity contribution is 5.97. The highest BCUT2D eigenvalue weighted by Gasteiger charge is 2.21. The van der Waals surface area contributed by atoms with Crippen LogP contribution in [0, 0.1) is 6.92 Å². The van der Waals surface area contributed by atoms with Gasteiger partial charge in [0.25, 0.3) is 0 Å². The van der Waals surface area contributed by atoms with Crippen molar-refractivity contribution < 1.29 is 4.74 Å². The van der Waals surface area contributed by atoms with Gasteiger partial charge in [-0.2, -0.15) is 0 Å². The van der Waals surface area contributed by atoms with E-state index in [0.29, 0.717) is 0 Å². The maximum Gasteiger partial charge on any atom is 0.217 e. The fourth-order valence-corrected chi connectivity index (χ4v) is 2.88. The molecular formula is C18H15NO. The van der Waals surface area contributed by atoms with Gasteiger partial charge in [0.15, 0.2) is 0 Å². The van der Waals surface area contributed by atoms with E-state index in [9.17, 15) is 0 Å². The lowest BCUT2D eigenvalue weighted by molar-refractivity contribution is 0.346. The largest absolute Gasteiger partial charge is 0.477 e. The summed E-state index contributed by atoms with van der Waals surface area (Å²) in [4.78, 5) is 4.64. The number of rotatable bonds is 1. The molecule has 2 aromatic carbocycles. The fourth-order valence-electron chi connectivity index (χ4n) is 2.88. The van der Waals surface area contributed by atoms with Gasteiger partial charge in [-0.1, -0.05) is 48.0 Å². The summed E-state index contributed by atoms with van der Waals surface area (Å²) < 4.78 is 5.68. The summed E-state index contributed by atoms with van der Waals surface area (Å²) in [7, 11) is 0. The second-order valence-corrected chi connectivity index (χ2v) is 5.25. The van der Waals surface area contributed by atoms with Crippen LogP contribution in [-0.2, 0) is 6.42 Å². The van der Waals surface area contributed by atoms with Crippen LogP contribution in [0.4, 0.5) is 0 Å². The molecule has 0 fully saturated rings. The molecule has 1 aliphatic heterocycles. The zero-order valence-corrected chi connectivity index (χ0v) is 11.4. The van der Waals surface area contributed by atoms with Gasteiger partial charge in [-0.15, -0.1) is 0 Å². The Labute approximate surface area is 118 Å². The topological polar surface area (TPSA) is 22.1 Å². The summed E-state index contributed by atoms with van der Waals surface area (Å²) in [6.45, 7) is 2.85. The van der Waals surface area contributed by atoms with E-state index in [1.54, 1.807) is 0 Å². The average Bonchev–Trinajstić information content (AvgIpc) is 2.93. The van der Waals surface area contributed by atoms with Gasteiger partial charge >= 0.3 is 0 Å². The van der Waals surface area contributed by atoms with Gasteiger partial charge in [0.05, 0.1) is 12.1 Å². The smallest absolute Gasteiger partial charge is 0.217 e. The second-order valence-electron chi connectivity index (χ2n) is 5.25. The summed E-state index contributed by atoms with van der Waals surface area (Å²) in [6, 6.07) is 17.0. The lowest BCUT2D eigenvalue weighted by Crippen LogP contribution is -1.92. The zero-order chi connectivity index (χ0) is 13.5. The number of benzene rings is 2. The van der Waals surface area contributed by atoms with Crippen LogP contribution in [0.25, 0.3) is 22.0 Å². The first kappa shape index (κ1) is 11.5. The molecule has 0 saturated carbocycles. The van der Waals surface area contributed by atoms with Crippen LogP contribution < -0.4 is 4.74 Å². The van der Waals surface area contributed by atoms with Crippen LogP contribution in [0.2, 0.25) is 0 Å². The highest BCUT2D eigenvalue weighted by Crippen LogP contribution is 2.38. The molecule has 0 N–H and O–H groups in total. The summed E-state index contributed by atoms with van der Waals surface area (Å²) in [5.41, 5.74) is 6.05. The van der Waals surface area contributed by atoms with E-state index in [1.807, 2.05) is 6.07 Å². The molecule has 0 radical (unpaired) electrons. The molecule has 0 saturated heterocycles. The highest BCUT2D eigenvalue weighted by atomic mass is 16.5. The van der Waals surface area contributed by atoms with Gasteiger partial charge in [-0.3, -0.25) is 0 Å². The molecular weight excluding hydrogens is 246 g/mol. The number of nitrogens with zero attached hydrogens (tertiary/aromatic N) is 1. The third kappa shape index (κ3) is 1.68. The maximum absolute atomic E-state index is 5.68. The molecule has 1 aliphatic rings. The summed E-state index contributed by atoms with van der Waals surface area (Å²) >= 11 is 0. The predicted octanol–water partition coefficient (Wildman–Crippen LogP) is 4.15. The third-order valence-electron chi connectivity index (χ3n) is 3.89.